The maximum atomic E-state index is 5.78. The quantitative estimate of drug-likeness (QED) is 0.640. The molecule has 1 aliphatic carbocycles. The van der Waals surface area contributed by atoms with Crippen molar-refractivity contribution in [3.63, 3.8) is 0 Å². The molecule has 2 atom stereocenters. The molecule has 84 valence electrons. The van der Waals surface area contributed by atoms with Gasteiger partial charge in [0.25, 0.3) is 0 Å². The number of hydrogen-bond donors (Lipinski definition) is 0. The molecule has 0 radical (unpaired) electrons. The fraction of sp³-hybridized carbons (Fsp3) is 0.467. The van der Waals surface area contributed by atoms with E-state index in [0.29, 0.717) is 12.0 Å². The van der Waals surface area contributed by atoms with Crippen LogP contribution >= 0.6 is 0 Å². The van der Waals surface area contributed by atoms with Gasteiger partial charge in [-0.05, 0) is 42.0 Å². The molecular weight excluding hydrogens is 196 g/mol. The SMILES string of the molecule is CC1c2c(ccc3c2C=CCC3)CO[C@H]1C. The zero-order valence-corrected chi connectivity index (χ0v) is 9.99. The lowest BCUT2D eigenvalue weighted by atomic mass is 9.81. The predicted molar refractivity (Wildman–Crippen MR) is 66.5 cm³/mol. The highest BCUT2D eigenvalue weighted by atomic mass is 16.5. The van der Waals surface area contributed by atoms with Crippen LogP contribution in [-0.2, 0) is 17.8 Å². The molecule has 0 aromatic heterocycles. The van der Waals surface area contributed by atoms with Crippen LogP contribution in [0.5, 0.6) is 0 Å². The van der Waals surface area contributed by atoms with Crippen LogP contribution in [0.1, 0.15) is 48.4 Å². The fourth-order valence-electron chi connectivity index (χ4n) is 2.85. The smallest absolute Gasteiger partial charge is 0.0723 e. The Hall–Kier alpha value is -1.08. The van der Waals surface area contributed by atoms with Crippen LogP contribution in [0.15, 0.2) is 18.2 Å². The summed E-state index contributed by atoms with van der Waals surface area (Å²) in [5, 5.41) is 0. The average Bonchev–Trinajstić information content (AvgIpc) is 2.33. The first-order chi connectivity index (χ1) is 7.77. The Balaban J connectivity index is 2.19. The Morgan fingerprint density at radius 3 is 2.88 bits per heavy atom. The normalized spacial score (nSPS) is 27.4. The number of allylic oxidation sites excluding steroid dienone is 1. The van der Waals surface area contributed by atoms with Crippen LogP contribution in [0.25, 0.3) is 6.08 Å². The molecule has 1 nitrogen and oxygen atoms in total. The Labute approximate surface area is 97.1 Å². The minimum Gasteiger partial charge on any atom is -0.373 e. The van der Waals surface area contributed by atoms with Gasteiger partial charge in [-0.25, -0.2) is 0 Å². The Bertz CT molecular complexity index is 445. The third-order valence-corrected chi connectivity index (χ3v) is 3.99. The third kappa shape index (κ3) is 1.42. The molecule has 0 saturated heterocycles. The molecule has 0 N–H and O–H groups in total. The van der Waals surface area contributed by atoms with Gasteiger partial charge in [-0.15, -0.1) is 0 Å². The van der Waals surface area contributed by atoms with E-state index in [1.165, 1.54) is 35.1 Å². The van der Waals surface area contributed by atoms with Gasteiger partial charge in [0.1, 0.15) is 0 Å². The van der Waals surface area contributed by atoms with Crippen molar-refractivity contribution >= 4 is 6.08 Å². The number of aryl methyl sites for hydroxylation is 1. The molecule has 0 bridgehead atoms. The summed E-state index contributed by atoms with van der Waals surface area (Å²) < 4.78 is 5.78. The van der Waals surface area contributed by atoms with E-state index >= 15 is 0 Å². The van der Waals surface area contributed by atoms with E-state index in [2.05, 4.69) is 38.1 Å². The molecule has 1 heterocycles. The van der Waals surface area contributed by atoms with Crippen molar-refractivity contribution in [2.24, 2.45) is 0 Å². The van der Waals surface area contributed by atoms with E-state index in [1.807, 2.05) is 0 Å². The molecule has 1 aromatic carbocycles. The van der Waals surface area contributed by atoms with Crippen molar-refractivity contribution < 1.29 is 4.74 Å². The molecule has 0 saturated carbocycles. The molecule has 1 aliphatic heterocycles. The second-order valence-electron chi connectivity index (χ2n) is 4.96. The minimum absolute atomic E-state index is 0.342. The maximum Gasteiger partial charge on any atom is 0.0723 e. The van der Waals surface area contributed by atoms with Gasteiger partial charge in [0.15, 0.2) is 0 Å². The largest absolute Gasteiger partial charge is 0.373 e. The van der Waals surface area contributed by atoms with Crippen LogP contribution in [0.3, 0.4) is 0 Å². The predicted octanol–water partition coefficient (Wildman–Crippen LogP) is 3.67. The average molecular weight is 214 g/mol. The zero-order valence-electron chi connectivity index (χ0n) is 9.99. The number of hydrogen-bond acceptors (Lipinski definition) is 1. The topological polar surface area (TPSA) is 9.23 Å². The van der Waals surface area contributed by atoms with E-state index in [9.17, 15) is 0 Å². The lowest BCUT2D eigenvalue weighted by Crippen LogP contribution is -2.25. The number of rotatable bonds is 0. The van der Waals surface area contributed by atoms with Crippen molar-refractivity contribution in [1.82, 2.24) is 0 Å². The van der Waals surface area contributed by atoms with Crippen LogP contribution in [0.2, 0.25) is 0 Å². The number of fused-ring (bicyclic) bond motifs is 3. The van der Waals surface area contributed by atoms with Gasteiger partial charge in [-0.2, -0.15) is 0 Å². The first-order valence-corrected chi connectivity index (χ1v) is 6.20. The van der Waals surface area contributed by atoms with Gasteiger partial charge in [0, 0.05) is 5.92 Å². The van der Waals surface area contributed by atoms with E-state index in [1.54, 1.807) is 0 Å². The van der Waals surface area contributed by atoms with Crippen molar-refractivity contribution in [3.8, 4) is 0 Å². The first-order valence-electron chi connectivity index (χ1n) is 6.20. The van der Waals surface area contributed by atoms with Crippen LogP contribution in [-0.4, -0.2) is 6.10 Å². The molecule has 0 fully saturated rings. The number of benzene rings is 1. The lowest BCUT2D eigenvalue weighted by molar-refractivity contribution is 0.0240. The van der Waals surface area contributed by atoms with Gasteiger partial charge in [-0.1, -0.05) is 31.2 Å². The lowest BCUT2D eigenvalue weighted by Gasteiger charge is -2.32. The molecule has 2 aliphatic rings. The van der Waals surface area contributed by atoms with Gasteiger partial charge >= 0.3 is 0 Å². The molecule has 0 spiro atoms. The molecule has 1 unspecified atom stereocenters. The monoisotopic (exact) mass is 214 g/mol. The van der Waals surface area contributed by atoms with Gasteiger partial charge in [-0.3, -0.25) is 0 Å². The van der Waals surface area contributed by atoms with Gasteiger partial charge in [0.2, 0.25) is 0 Å². The first kappa shape index (κ1) is 10.1. The van der Waals surface area contributed by atoms with E-state index < -0.39 is 0 Å². The highest BCUT2D eigenvalue weighted by Gasteiger charge is 2.26. The van der Waals surface area contributed by atoms with Crippen molar-refractivity contribution in [2.45, 2.75) is 45.3 Å². The third-order valence-electron chi connectivity index (χ3n) is 3.99. The molecule has 1 aromatic rings. The van der Waals surface area contributed by atoms with Crippen LogP contribution in [0.4, 0.5) is 0 Å². The summed E-state index contributed by atoms with van der Waals surface area (Å²) in [4.78, 5) is 0. The summed E-state index contributed by atoms with van der Waals surface area (Å²) in [6.07, 6.45) is 7.34. The summed E-state index contributed by atoms with van der Waals surface area (Å²) in [6.45, 7) is 5.24. The van der Waals surface area contributed by atoms with Crippen molar-refractivity contribution in [1.29, 1.82) is 0 Å². The summed E-state index contributed by atoms with van der Waals surface area (Å²) in [6, 6.07) is 4.54. The number of ether oxygens (including phenoxy) is 1. The zero-order chi connectivity index (χ0) is 11.1. The van der Waals surface area contributed by atoms with Gasteiger partial charge < -0.3 is 4.74 Å². The summed E-state index contributed by atoms with van der Waals surface area (Å²) in [5.41, 5.74) is 5.91. The highest BCUT2D eigenvalue weighted by molar-refractivity contribution is 5.63. The van der Waals surface area contributed by atoms with Crippen LogP contribution in [0, 0.1) is 0 Å². The van der Waals surface area contributed by atoms with Crippen LogP contribution < -0.4 is 0 Å². The fourth-order valence-corrected chi connectivity index (χ4v) is 2.85. The van der Waals surface area contributed by atoms with Crippen molar-refractivity contribution in [3.05, 3.63) is 40.5 Å². The van der Waals surface area contributed by atoms with Crippen molar-refractivity contribution in [2.75, 3.05) is 0 Å². The Morgan fingerprint density at radius 1 is 1.19 bits per heavy atom. The molecule has 1 heteroatoms. The van der Waals surface area contributed by atoms with E-state index in [0.717, 1.165) is 6.61 Å². The second-order valence-corrected chi connectivity index (χ2v) is 4.96. The highest BCUT2D eigenvalue weighted by Crippen LogP contribution is 2.37. The van der Waals surface area contributed by atoms with Gasteiger partial charge in [0.05, 0.1) is 12.7 Å². The minimum atomic E-state index is 0.342. The maximum absolute atomic E-state index is 5.78. The Kier molecular flexibility index (Phi) is 2.36. The molecule has 3 rings (SSSR count). The molecular formula is C15H18O. The molecule has 16 heavy (non-hydrogen) atoms. The summed E-state index contributed by atoms with van der Waals surface area (Å²) in [7, 11) is 0. The van der Waals surface area contributed by atoms with E-state index in [4.69, 9.17) is 4.74 Å². The molecule has 0 amide bonds. The second kappa shape index (κ2) is 3.74. The summed E-state index contributed by atoms with van der Waals surface area (Å²) in [5.74, 6) is 0.515. The summed E-state index contributed by atoms with van der Waals surface area (Å²) >= 11 is 0. The Morgan fingerprint density at radius 2 is 2.00 bits per heavy atom. The van der Waals surface area contributed by atoms with E-state index in [-0.39, 0.29) is 0 Å². The standard InChI is InChI=1S/C15H18O/c1-10-11(2)16-9-13-8-7-12-5-3-4-6-14(12)15(10)13/h4,6-8,10-11H,3,5,9H2,1-2H3/t10?,11-/m0/s1.